The SMILES string of the molecule is Cc1cc(NC(=O)C2CCN(C(=O)c3ccc(F)cc3F)CC2)ccc1-n1cnnn1. The van der Waals surface area contributed by atoms with E-state index in [9.17, 15) is 18.4 Å². The maximum Gasteiger partial charge on any atom is 0.256 e. The van der Waals surface area contributed by atoms with Gasteiger partial charge in [0.2, 0.25) is 5.91 Å². The minimum Gasteiger partial charge on any atom is -0.339 e. The molecule has 0 aliphatic carbocycles. The first kappa shape index (κ1) is 20.6. The van der Waals surface area contributed by atoms with Gasteiger partial charge in [-0.05, 0) is 66.1 Å². The summed E-state index contributed by atoms with van der Waals surface area (Å²) < 4.78 is 28.5. The molecule has 10 heteroatoms. The number of likely N-dealkylation sites (tertiary alicyclic amines) is 1. The van der Waals surface area contributed by atoms with Gasteiger partial charge in [-0.2, -0.15) is 0 Å². The van der Waals surface area contributed by atoms with E-state index in [-0.39, 0.29) is 17.4 Å². The lowest BCUT2D eigenvalue weighted by molar-refractivity contribution is -0.121. The van der Waals surface area contributed by atoms with Crippen molar-refractivity contribution in [2.24, 2.45) is 5.92 Å². The summed E-state index contributed by atoms with van der Waals surface area (Å²) in [7, 11) is 0. The third-order valence-electron chi connectivity index (χ3n) is 5.37. The van der Waals surface area contributed by atoms with Crippen molar-refractivity contribution in [2.75, 3.05) is 18.4 Å². The topological polar surface area (TPSA) is 93.0 Å². The molecule has 0 bridgehead atoms. The summed E-state index contributed by atoms with van der Waals surface area (Å²) >= 11 is 0. The molecule has 0 saturated carbocycles. The minimum absolute atomic E-state index is 0.130. The Morgan fingerprint density at radius 1 is 1.10 bits per heavy atom. The van der Waals surface area contributed by atoms with Crippen LogP contribution in [-0.4, -0.2) is 50.0 Å². The van der Waals surface area contributed by atoms with Crippen molar-refractivity contribution in [3.8, 4) is 5.69 Å². The molecule has 0 radical (unpaired) electrons. The van der Waals surface area contributed by atoms with E-state index in [0.717, 1.165) is 23.4 Å². The number of carbonyl (C=O) groups excluding carboxylic acids is 2. The number of halogens is 2. The summed E-state index contributed by atoms with van der Waals surface area (Å²) in [5.41, 5.74) is 2.20. The molecule has 1 saturated heterocycles. The van der Waals surface area contributed by atoms with Gasteiger partial charge in [-0.25, -0.2) is 13.5 Å². The predicted octanol–water partition coefficient (Wildman–Crippen LogP) is 2.74. The van der Waals surface area contributed by atoms with Crippen LogP contribution >= 0.6 is 0 Å². The van der Waals surface area contributed by atoms with Crippen LogP contribution in [0.15, 0.2) is 42.7 Å². The molecule has 1 N–H and O–H groups in total. The molecule has 0 spiro atoms. The van der Waals surface area contributed by atoms with Crippen molar-refractivity contribution in [3.05, 3.63) is 65.5 Å². The molecule has 1 fully saturated rings. The third-order valence-corrected chi connectivity index (χ3v) is 5.37. The van der Waals surface area contributed by atoms with Crippen molar-refractivity contribution < 1.29 is 18.4 Å². The summed E-state index contributed by atoms with van der Waals surface area (Å²) in [4.78, 5) is 26.7. The number of carbonyl (C=O) groups is 2. The number of hydrogen-bond acceptors (Lipinski definition) is 5. The average molecular weight is 426 g/mol. The third kappa shape index (κ3) is 4.42. The highest BCUT2D eigenvalue weighted by Gasteiger charge is 2.29. The normalized spacial score (nSPS) is 14.5. The number of rotatable bonds is 4. The Labute approximate surface area is 176 Å². The summed E-state index contributed by atoms with van der Waals surface area (Å²) in [6.45, 7) is 2.54. The second kappa shape index (κ2) is 8.58. The smallest absolute Gasteiger partial charge is 0.256 e. The van der Waals surface area contributed by atoms with Crippen LogP contribution < -0.4 is 5.32 Å². The van der Waals surface area contributed by atoms with Crippen molar-refractivity contribution in [1.29, 1.82) is 0 Å². The van der Waals surface area contributed by atoms with Crippen molar-refractivity contribution in [2.45, 2.75) is 19.8 Å². The van der Waals surface area contributed by atoms with E-state index in [1.165, 1.54) is 15.9 Å². The number of tetrazole rings is 1. The molecule has 8 nitrogen and oxygen atoms in total. The summed E-state index contributed by atoms with van der Waals surface area (Å²) in [5.74, 6) is -2.50. The van der Waals surface area contributed by atoms with E-state index < -0.39 is 17.5 Å². The van der Waals surface area contributed by atoms with Gasteiger partial charge in [0.15, 0.2) is 0 Å². The second-order valence-corrected chi connectivity index (χ2v) is 7.44. The summed E-state index contributed by atoms with van der Waals surface area (Å²) in [6, 6.07) is 8.33. The molecule has 31 heavy (non-hydrogen) atoms. The van der Waals surface area contributed by atoms with Gasteiger partial charge in [0.25, 0.3) is 5.91 Å². The highest BCUT2D eigenvalue weighted by atomic mass is 19.1. The summed E-state index contributed by atoms with van der Waals surface area (Å²) in [6.07, 6.45) is 2.41. The fourth-order valence-electron chi connectivity index (χ4n) is 3.68. The molecule has 3 aromatic rings. The number of piperidine rings is 1. The highest BCUT2D eigenvalue weighted by Crippen LogP contribution is 2.23. The molecule has 0 unspecified atom stereocenters. The lowest BCUT2D eigenvalue weighted by Crippen LogP contribution is -2.41. The van der Waals surface area contributed by atoms with Crippen LogP contribution in [0.4, 0.5) is 14.5 Å². The van der Waals surface area contributed by atoms with Gasteiger partial charge in [-0.1, -0.05) is 0 Å². The maximum absolute atomic E-state index is 13.9. The fourth-order valence-corrected chi connectivity index (χ4v) is 3.68. The van der Waals surface area contributed by atoms with Gasteiger partial charge < -0.3 is 10.2 Å². The molecule has 2 aromatic carbocycles. The maximum atomic E-state index is 13.9. The van der Waals surface area contributed by atoms with Gasteiger partial charge in [-0.3, -0.25) is 9.59 Å². The van der Waals surface area contributed by atoms with Gasteiger partial charge in [0.05, 0.1) is 11.3 Å². The zero-order chi connectivity index (χ0) is 22.0. The Morgan fingerprint density at radius 3 is 2.52 bits per heavy atom. The number of aromatic nitrogens is 4. The zero-order valence-electron chi connectivity index (χ0n) is 16.8. The molecule has 1 aromatic heterocycles. The zero-order valence-corrected chi connectivity index (χ0v) is 16.8. The largest absolute Gasteiger partial charge is 0.339 e. The van der Waals surface area contributed by atoms with Crippen LogP contribution in [-0.2, 0) is 4.79 Å². The van der Waals surface area contributed by atoms with Crippen LogP contribution in [0.25, 0.3) is 5.69 Å². The van der Waals surface area contributed by atoms with Gasteiger partial charge in [0, 0.05) is 30.8 Å². The van der Waals surface area contributed by atoms with E-state index in [1.807, 2.05) is 19.1 Å². The van der Waals surface area contributed by atoms with Crippen LogP contribution in [0.2, 0.25) is 0 Å². The van der Waals surface area contributed by atoms with Crippen molar-refractivity contribution >= 4 is 17.5 Å². The van der Waals surface area contributed by atoms with Crippen LogP contribution in [0.5, 0.6) is 0 Å². The number of nitrogens with one attached hydrogen (secondary N) is 1. The van der Waals surface area contributed by atoms with Gasteiger partial charge in [-0.15, -0.1) is 5.10 Å². The van der Waals surface area contributed by atoms with E-state index in [0.29, 0.717) is 37.7 Å². The van der Waals surface area contributed by atoms with Gasteiger partial charge >= 0.3 is 0 Å². The minimum atomic E-state index is -0.884. The molecule has 2 amide bonds. The van der Waals surface area contributed by atoms with E-state index in [1.54, 1.807) is 6.07 Å². The number of hydrogen-bond donors (Lipinski definition) is 1. The Morgan fingerprint density at radius 2 is 1.87 bits per heavy atom. The number of aryl methyl sites for hydroxylation is 1. The quantitative estimate of drug-likeness (QED) is 0.693. The van der Waals surface area contributed by atoms with Crippen molar-refractivity contribution in [3.63, 3.8) is 0 Å². The van der Waals surface area contributed by atoms with Crippen LogP contribution in [0.1, 0.15) is 28.8 Å². The summed E-state index contributed by atoms with van der Waals surface area (Å²) in [5, 5.41) is 14.0. The van der Waals surface area contributed by atoms with E-state index in [2.05, 4.69) is 20.8 Å². The second-order valence-electron chi connectivity index (χ2n) is 7.44. The number of amides is 2. The number of nitrogens with zero attached hydrogens (tertiary/aromatic N) is 5. The van der Waals surface area contributed by atoms with E-state index >= 15 is 0 Å². The predicted molar refractivity (Wildman–Crippen MR) is 108 cm³/mol. The Bertz CT molecular complexity index is 1110. The van der Waals surface area contributed by atoms with Gasteiger partial charge in [0.1, 0.15) is 18.0 Å². The Hall–Kier alpha value is -3.69. The monoisotopic (exact) mass is 426 g/mol. The Kier molecular flexibility index (Phi) is 5.70. The average Bonchev–Trinajstić information content (AvgIpc) is 3.28. The first-order valence-electron chi connectivity index (χ1n) is 9.81. The molecule has 2 heterocycles. The fraction of sp³-hybridized carbons (Fsp3) is 0.286. The Balaban J connectivity index is 1.35. The highest BCUT2D eigenvalue weighted by molar-refractivity contribution is 5.95. The van der Waals surface area contributed by atoms with E-state index in [4.69, 9.17) is 0 Å². The molecular weight excluding hydrogens is 406 g/mol. The van der Waals surface area contributed by atoms with Crippen molar-refractivity contribution in [1.82, 2.24) is 25.1 Å². The lowest BCUT2D eigenvalue weighted by atomic mass is 9.95. The standard InChI is InChI=1S/C21H20F2N6O2/c1-13-10-16(3-5-19(13)29-12-24-26-27-29)25-20(30)14-6-8-28(9-7-14)21(31)17-4-2-15(22)11-18(17)23/h2-5,10-12,14H,6-9H2,1H3,(H,25,30). The molecule has 160 valence electrons. The molecule has 0 atom stereocenters. The molecule has 1 aliphatic rings. The first-order chi connectivity index (χ1) is 14.9. The number of benzene rings is 2. The van der Waals surface area contributed by atoms with Crippen LogP contribution in [0.3, 0.4) is 0 Å². The first-order valence-corrected chi connectivity index (χ1v) is 9.81. The molecule has 4 rings (SSSR count). The molecular formula is C21H20F2N6O2. The van der Waals surface area contributed by atoms with Crippen LogP contribution in [0, 0.1) is 24.5 Å². The number of anilines is 1. The lowest BCUT2D eigenvalue weighted by Gasteiger charge is -2.31. The molecule has 1 aliphatic heterocycles.